The fourth-order valence-corrected chi connectivity index (χ4v) is 10.7. The van der Waals surface area contributed by atoms with E-state index in [9.17, 15) is 19.8 Å². The fourth-order valence-electron chi connectivity index (χ4n) is 10.7. The van der Waals surface area contributed by atoms with E-state index in [0.29, 0.717) is 19.4 Å². The molecule has 0 bridgehead atoms. The number of aliphatic hydroxyl groups is 2. The lowest BCUT2D eigenvalue weighted by atomic mass is 10.0. The molecule has 0 heterocycles. The van der Waals surface area contributed by atoms with Crippen molar-refractivity contribution in [1.29, 1.82) is 0 Å². The summed E-state index contributed by atoms with van der Waals surface area (Å²) in [6, 6.07) is -0.625. The molecule has 0 spiro atoms. The number of esters is 1. The number of carbonyl (C=O) groups is 2. The minimum atomic E-state index is -0.842. The van der Waals surface area contributed by atoms with E-state index in [1.165, 1.54) is 308 Å². The second kappa shape index (κ2) is 64.9. The Morgan fingerprint density at radius 2 is 0.627 bits per heavy atom. The Hall–Kier alpha value is -1.66. The maximum atomic E-state index is 12.5. The molecule has 2 unspecified atom stereocenters. The van der Waals surface area contributed by atoms with Crippen LogP contribution in [0.5, 0.6) is 0 Å². The van der Waals surface area contributed by atoms with Crippen molar-refractivity contribution < 1.29 is 24.5 Å². The lowest BCUT2D eigenvalue weighted by Gasteiger charge is -2.20. The molecule has 444 valence electrons. The highest BCUT2D eigenvalue weighted by Gasteiger charge is 2.18. The molecule has 0 fully saturated rings. The highest BCUT2D eigenvalue weighted by molar-refractivity contribution is 5.76. The van der Waals surface area contributed by atoms with Gasteiger partial charge in [0.2, 0.25) is 5.91 Å². The Labute approximate surface area is 469 Å². The third-order valence-corrected chi connectivity index (χ3v) is 16.0. The van der Waals surface area contributed by atoms with E-state index in [0.717, 1.165) is 44.9 Å². The molecule has 0 aliphatic rings. The number of allylic oxidation sites excluding steroid dienone is 3. The minimum Gasteiger partial charge on any atom is -0.466 e. The van der Waals surface area contributed by atoms with Crippen LogP contribution in [-0.4, -0.2) is 47.4 Å². The molecule has 0 aromatic carbocycles. The van der Waals surface area contributed by atoms with Crippen LogP contribution in [-0.2, 0) is 14.3 Å². The summed E-state index contributed by atoms with van der Waals surface area (Å²) in [5.74, 6) is -0.0518. The fraction of sp³-hybridized carbons (Fsp3) is 0.913. The summed E-state index contributed by atoms with van der Waals surface area (Å²) in [7, 11) is 0. The van der Waals surface area contributed by atoms with Gasteiger partial charge < -0.3 is 20.3 Å². The normalized spacial score (nSPS) is 12.6. The van der Waals surface area contributed by atoms with Crippen molar-refractivity contribution in [3.63, 3.8) is 0 Å². The average molecular weight is 1060 g/mol. The first-order valence-electron chi connectivity index (χ1n) is 34.1. The van der Waals surface area contributed by atoms with Crippen LogP contribution in [0.1, 0.15) is 380 Å². The number of rotatable bonds is 64. The van der Waals surface area contributed by atoms with Crippen LogP contribution in [0.2, 0.25) is 0 Å². The molecule has 6 heteroatoms. The van der Waals surface area contributed by atoms with Gasteiger partial charge in [0.15, 0.2) is 0 Å². The van der Waals surface area contributed by atoms with E-state index in [1.807, 2.05) is 6.08 Å². The number of amides is 1. The Morgan fingerprint density at radius 3 is 0.947 bits per heavy atom. The molecule has 75 heavy (non-hydrogen) atoms. The third kappa shape index (κ3) is 61.4. The monoisotopic (exact) mass is 1060 g/mol. The van der Waals surface area contributed by atoms with Crippen molar-refractivity contribution in [1.82, 2.24) is 5.32 Å². The molecule has 1 amide bonds. The van der Waals surface area contributed by atoms with E-state index in [-0.39, 0.29) is 18.5 Å². The van der Waals surface area contributed by atoms with Crippen LogP contribution >= 0.6 is 0 Å². The minimum absolute atomic E-state index is 0.0104. The summed E-state index contributed by atoms with van der Waals surface area (Å²) < 4.78 is 5.49. The predicted molar refractivity (Wildman–Crippen MR) is 329 cm³/mol. The number of aliphatic hydroxyl groups excluding tert-OH is 2. The Balaban J connectivity index is 3.36. The van der Waals surface area contributed by atoms with Gasteiger partial charge >= 0.3 is 5.97 Å². The molecule has 0 aliphatic carbocycles. The van der Waals surface area contributed by atoms with Gasteiger partial charge in [-0.3, -0.25) is 9.59 Å². The molecular formula is C69H133NO5. The molecule has 0 radical (unpaired) electrons. The summed E-state index contributed by atoms with van der Waals surface area (Å²) in [4.78, 5) is 24.5. The quantitative estimate of drug-likeness (QED) is 0.0320. The second-order valence-corrected chi connectivity index (χ2v) is 23.5. The molecular weight excluding hydrogens is 923 g/mol. The van der Waals surface area contributed by atoms with Gasteiger partial charge in [0, 0.05) is 12.8 Å². The number of ether oxygens (including phenoxy) is 1. The van der Waals surface area contributed by atoms with Gasteiger partial charge in [0.25, 0.3) is 0 Å². The zero-order valence-corrected chi connectivity index (χ0v) is 50.8. The van der Waals surface area contributed by atoms with Crippen LogP contribution in [0.25, 0.3) is 0 Å². The first kappa shape index (κ1) is 73.3. The Kier molecular flexibility index (Phi) is 63.4. The van der Waals surface area contributed by atoms with E-state index in [2.05, 4.69) is 31.3 Å². The number of unbranched alkanes of at least 4 members (excludes halogenated alkanes) is 51. The second-order valence-electron chi connectivity index (χ2n) is 23.5. The van der Waals surface area contributed by atoms with Gasteiger partial charge in [0.1, 0.15) is 0 Å². The van der Waals surface area contributed by atoms with E-state index < -0.39 is 12.1 Å². The number of nitrogens with one attached hydrogen (secondary N) is 1. The van der Waals surface area contributed by atoms with Crippen molar-refractivity contribution in [2.75, 3.05) is 13.2 Å². The van der Waals surface area contributed by atoms with Crippen LogP contribution in [0, 0.1) is 0 Å². The third-order valence-electron chi connectivity index (χ3n) is 16.0. The Bertz CT molecular complexity index is 1170. The highest BCUT2D eigenvalue weighted by atomic mass is 16.5. The highest BCUT2D eigenvalue weighted by Crippen LogP contribution is 2.18. The molecule has 3 N–H and O–H groups in total. The topological polar surface area (TPSA) is 95.9 Å². The van der Waals surface area contributed by atoms with Crippen LogP contribution in [0.4, 0.5) is 0 Å². The van der Waals surface area contributed by atoms with Crippen molar-refractivity contribution in [2.24, 2.45) is 0 Å². The van der Waals surface area contributed by atoms with E-state index >= 15 is 0 Å². The molecule has 0 aromatic heterocycles. The van der Waals surface area contributed by atoms with E-state index in [1.54, 1.807) is 6.08 Å². The van der Waals surface area contributed by atoms with Gasteiger partial charge in [-0.15, -0.1) is 0 Å². The summed E-state index contributed by atoms with van der Waals surface area (Å²) in [5.41, 5.74) is 0. The van der Waals surface area contributed by atoms with Crippen molar-refractivity contribution in [2.45, 2.75) is 392 Å². The summed E-state index contributed by atoms with van der Waals surface area (Å²) in [6.45, 7) is 4.92. The Morgan fingerprint density at radius 1 is 0.360 bits per heavy atom. The molecule has 2 atom stereocenters. The maximum Gasteiger partial charge on any atom is 0.305 e. The largest absolute Gasteiger partial charge is 0.466 e. The zero-order chi connectivity index (χ0) is 54.3. The van der Waals surface area contributed by atoms with E-state index in [4.69, 9.17) is 4.74 Å². The van der Waals surface area contributed by atoms with Crippen LogP contribution in [0.15, 0.2) is 24.3 Å². The number of hydrogen-bond acceptors (Lipinski definition) is 5. The standard InChI is InChI=1S/C69H133NO5/c1-3-5-7-9-11-13-15-17-19-34-37-41-45-49-53-57-61-67(72)66(65-71)70-68(73)62-58-54-50-46-42-38-35-32-30-28-26-24-22-20-21-23-25-27-29-31-33-36-40-44-48-52-56-60-64-75-69(74)63-59-55-51-47-43-39-18-16-14-12-10-8-6-4-2/h16,18,57,61,66-67,71-72H,3-15,17,19-56,58-60,62-65H2,1-2H3,(H,70,73)/b18-16-,61-57+. The molecule has 0 aromatic rings. The molecule has 6 nitrogen and oxygen atoms in total. The van der Waals surface area contributed by atoms with Crippen LogP contribution < -0.4 is 5.32 Å². The van der Waals surface area contributed by atoms with Crippen molar-refractivity contribution in [3.05, 3.63) is 24.3 Å². The molecule has 0 aliphatic heterocycles. The van der Waals surface area contributed by atoms with Gasteiger partial charge in [-0.05, 0) is 57.8 Å². The molecule has 0 saturated heterocycles. The maximum absolute atomic E-state index is 12.5. The lowest BCUT2D eigenvalue weighted by Crippen LogP contribution is -2.45. The lowest BCUT2D eigenvalue weighted by molar-refractivity contribution is -0.143. The predicted octanol–water partition coefficient (Wildman–Crippen LogP) is 21.8. The first-order valence-corrected chi connectivity index (χ1v) is 34.1. The SMILES string of the molecule is CCCCCCC/C=C\CCCCCCCC(=O)OCCCCCCCCCCCCCCCCCCCCCCCCCCCCCCC(=O)NC(CO)C(O)/C=C/CCCCCCCCCCCCCCCC. The molecule has 0 saturated carbocycles. The average Bonchev–Trinajstić information content (AvgIpc) is 3.41. The van der Waals surface area contributed by atoms with Crippen molar-refractivity contribution >= 4 is 11.9 Å². The molecule has 0 rings (SSSR count). The van der Waals surface area contributed by atoms with Gasteiger partial charge in [0.05, 0.1) is 25.4 Å². The first-order chi connectivity index (χ1) is 37.0. The summed E-state index contributed by atoms with van der Waals surface area (Å²) >= 11 is 0. The summed E-state index contributed by atoms with van der Waals surface area (Å²) in [6.07, 6.45) is 81.1. The van der Waals surface area contributed by atoms with Gasteiger partial charge in [-0.25, -0.2) is 0 Å². The zero-order valence-electron chi connectivity index (χ0n) is 50.8. The van der Waals surface area contributed by atoms with Gasteiger partial charge in [-0.2, -0.15) is 0 Å². The van der Waals surface area contributed by atoms with Gasteiger partial charge in [-0.1, -0.05) is 334 Å². The van der Waals surface area contributed by atoms with Crippen molar-refractivity contribution in [3.8, 4) is 0 Å². The smallest absolute Gasteiger partial charge is 0.305 e. The van der Waals surface area contributed by atoms with Crippen LogP contribution in [0.3, 0.4) is 0 Å². The number of carbonyl (C=O) groups excluding carboxylic acids is 2. The summed E-state index contributed by atoms with van der Waals surface area (Å²) in [5, 5.41) is 23.2. The number of hydrogen-bond donors (Lipinski definition) is 3.